The average molecular weight is 631 g/mol. The van der Waals surface area contributed by atoms with Crippen LogP contribution >= 0.6 is 0 Å². The molecular formula is C12H18CuO12Pd2. The Kier molecular flexibility index (Phi) is 104. The molecular weight excluding hydrogens is 613 g/mol. The fourth-order valence-corrected chi connectivity index (χ4v) is 0. The molecule has 0 saturated heterocycles. The van der Waals surface area contributed by atoms with Crippen LogP contribution in [0, 0.1) is 0 Å². The zero-order valence-electron chi connectivity index (χ0n) is 14.8. The predicted octanol–water partition coefficient (Wildman–Crippen LogP) is -7.47. The number of hydrogen-bond donors (Lipinski definition) is 0. The van der Waals surface area contributed by atoms with Gasteiger partial charge in [0.05, 0.1) is 0 Å². The molecule has 0 aromatic rings. The fraction of sp³-hybridized carbons (Fsp3) is 0.500. The summed E-state index contributed by atoms with van der Waals surface area (Å²) in [5, 5.41) is 53.3. The van der Waals surface area contributed by atoms with Crippen LogP contribution in [0.4, 0.5) is 0 Å². The van der Waals surface area contributed by atoms with E-state index in [4.69, 9.17) is 59.4 Å². The third-order valence-corrected chi connectivity index (χ3v) is 0. The van der Waals surface area contributed by atoms with E-state index in [-0.39, 0.29) is 57.9 Å². The molecule has 27 heavy (non-hydrogen) atoms. The molecule has 169 valence electrons. The van der Waals surface area contributed by atoms with E-state index in [1.165, 1.54) is 0 Å². The fourth-order valence-electron chi connectivity index (χ4n) is 0. The summed E-state index contributed by atoms with van der Waals surface area (Å²) in [7, 11) is 0. The van der Waals surface area contributed by atoms with Gasteiger partial charge in [0, 0.05) is 35.8 Å². The Bertz CT molecular complexity index is 272. The molecule has 0 aliphatic rings. The van der Waals surface area contributed by atoms with Gasteiger partial charge in [-0.1, -0.05) is 0 Å². The summed E-state index contributed by atoms with van der Waals surface area (Å²) >= 11 is 0. The maximum Gasteiger partial charge on any atom is 2.00 e. The van der Waals surface area contributed by atoms with Crippen molar-refractivity contribution in [2.24, 2.45) is 0 Å². The van der Waals surface area contributed by atoms with Crippen molar-refractivity contribution < 1.29 is 117 Å². The zero-order valence-corrected chi connectivity index (χ0v) is 18.9. The van der Waals surface area contributed by atoms with Crippen molar-refractivity contribution in [3.8, 4) is 0 Å². The van der Waals surface area contributed by atoms with E-state index < -0.39 is 35.8 Å². The van der Waals surface area contributed by atoms with Gasteiger partial charge < -0.3 is 59.4 Å². The second-order valence-corrected chi connectivity index (χ2v) is 2.95. The van der Waals surface area contributed by atoms with E-state index in [1.54, 1.807) is 0 Å². The molecule has 12 nitrogen and oxygen atoms in total. The smallest absolute Gasteiger partial charge is 0.550 e. The first-order valence-electron chi connectivity index (χ1n) is 5.45. The number of carboxylic acid groups (broad SMARTS) is 6. The summed E-state index contributed by atoms with van der Waals surface area (Å²) in [6.07, 6.45) is 0. The molecule has 0 bridgehead atoms. The van der Waals surface area contributed by atoms with Crippen LogP contribution in [-0.2, 0) is 86.7 Å². The molecule has 0 aliphatic heterocycles. The minimum Gasteiger partial charge on any atom is -0.550 e. The first-order valence-corrected chi connectivity index (χ1v) is 5.45. The van der Waals surface area contributed by atoms with Crippen LogP contribution < -0.4 is 30.6 Å². The molecule has 0 aromatic heterocycles. The van der Waals surface area contributed by atoms with Crippen LogP contribution in [-0.4, -0.2) is 35.8 Å². The predicted molar refractivity (Wildman–Crippen MR) is 64.1 cm³/mol. The number of carbonyl (C=O) groups is 6. The molecule has 1 radical (unpaired) electrons. The van der Waals surface area contributed by atoms with E-state index in [0.29, 0.717) is 0 Å². The summed E-state index contributed by atoms with van der Waals surface area (Å²) in [5.74, 6) is -6.50. The first-order chi connectivity index (χ1) is 10.4. The molecule has 0 N–H and O–H groups in total. The molecule has 0 amide bonds. The third-order valence-electron chi connectivity index (χ3n) is 0. The van der Waals surface area contributed by atoms with Gasteiger partial charge in [-0.05, 0) is 41.5 Å². The second kappa shape index (κ2) is 49.7. The Balaban J connectivity index is -0.0000000201. The summed E-state index contributed by atoms with van der Waals surface area (Å²) in [6, 6.07) is 0. The first kappa shape index (κ1) is 56.2. The van der Waals surface area contributed by atoms with E-state index in [0.717, 1.165) is 41.5 Å². The zero-order chi connectivity index (χ0) is 21.5. The summed E-state index contributed by atoms with van der Waals surface area (Å²) in [4.78, 5) is 53.3. The molecule has 0 spiro atoms. The van der Waals surface area contributed by atoms with Crippen molar-refractivity contribution in [3.05, 3.63) is 0 Å². The van der Waals surface area contributed by atoms with Crippen LogP contribution in [0.25, 0.3) is 0 Å². The Morgan fingerprint density at radius 2 is 0.370 bits per heavy atom. The van der Waals surface area contributed by atoms with Crippen molar-refractivity contribution >= 4 is 35.8 Å². The van der Waals surface area contributed by atoms with Crippen LogP contribution in [0.3, 0.4) is 0 Å². The Morgan fingerprint density at radius 1 is 0.370 bits per heavy atom. The largest absolute Gasteiger partial charge is 2.00 e. The minimum atomic E-state index is -1.08. The molecule has 0 fully saturated rings. The van der Waals surface area contributed by atoms with Gasteiger partial charge in [0.2, 0.25) is 0 Å². The van der Waals surface area contributed by atoms with Gasteiger partial charge >= 0.3 is 57.9 Å². The quantitative estimate of drug-likeness (QED) is 0.227. The standard InChI is InChI=1S/6C2H4O2.Cu.2Pd/c6*1-2(3)4;;;/h6*1H3,(H,3,4);;;/q;;;;;;3*+2/p-6. The van der Waals surface area contributed by atoms with E-state index in [2.05, 4.69) is 0 Å². The number of hydrogen-bond acceptors (Lipinski definition) is 12. The molecule has 0 saturated carbocycles. The number of carbonyl (C=O) groups excluding carboxylic acids is 6. The van der Waals surface area contributed by atoms with Gasteiger partial charge in [-0.3, -0.25) is 0 Å². The summed E-state index contributed by atoms with van der Waals surface area (Å²) in [6.45, 7) is 5.83. The van der Waals surface area contributed by atoms with E-state index in [1.807, 2.05) is 0 Å². The number of rotatable bonds is 0. The van der Waals surface area contributed by atoms with Crippen LogP contribution in [0.5, 0.6) is 0 Å². The normalized spacial score (nSPS) is 5.56. The van der Waals surface area contributed by atoms with Crippen molar-refractivity contribution in [2.75, 3.05) is 0 Å². The van der Waals surface area contributed by atoms with Gasteiger partial charge in [-0.15, -0.1) is 0 Å². The molecule has 0 unspecified atom stereocenters. The Labute approximate surface area is 194 Å². The van der Waals surface area contributed by atoms with Crippen molar-refractivity contribution in [2.45, 2.75) is 41.5 Å². The van der Waals surface area contributed by atoms with Crippen LogP contribution in [0.1, 0.15) is 41.5 Å². The number of carboxylic acids is 6. The van der Waals surface area contributed by atoms with E-state index in [9.17, 15) is 0 Å². The van der Waals surface area contributed by atoms with Crippen LogP contribution in [0.2, 0.25) is 0 Å². The van der Waals surface area contributed by atoms with Crippen LogP contribution in [0.15, 0.2) is 0 Å². The molecule has 0 aromatic carbocycles. The van der Waals surface area contributed by atoms with Gasteiger partial charge in [0.25, 0.3) is 0 Å². The Morgan fingerprint density at radius 3 is 0.370 bits per heavy atom. The van der Waals surface area contributed by atoms with E-state index >= 15 is 0 Å². The van der Waals surface area contributed by atoms with Crippen molar-refractivity contribution in [1.29, 1.82) is 0 Å². The van der Waals surface area contributed by atoms with Crippen molar-refractivity contribution in [1.82, 2.24) is 0 Å². The average Bonchev–Trinajstić information content (AvgIpc) is 2.08. The molecule has 0 aliphatic carbocycles. The summed E-state index contributed by atoms with van der Waals surface area (Å²) in [5.41, 5.74) is 0. The second-order valence-electron chi connectivity index (χ2n) is 2.95. The topological polar surface area (TPSA) is 241 Å². The maximum absolute atomic E-state index is 8.89. The number of aliphatic carboxylic acids is 6. The monoisotopic (exact) mass is 629 g/mol. The van der Waals surface area contributed by atoms with Gasteiger partial charge in [-0.25, -0.2) is 0 Å². The molecule has 0 rings (SSSR count). The molecule has 0 atom stereocenters. The third kappa shape index (κ3) is 7100. The summed E-state index contributed by atoms with van der Waals surface area (Å²) < 4.78 is 0. The Hall–Kier alpha value is -1.34. The molecule has 0 heterocycles. The van der Waals surface area contributed by atoms with Crippen molar-refractivity contribution in [3.63, 3.8) is 0 Å². The maximum atomic E-state index is 8.89. The SMILES string of the molecule is CC(=O)[O-].CC(=O)[O-].CC(=O)[O-].CC(=O)[O-].CC(=O)[O-].CC(=O)[O-].[Cu+2].[Pd+2].[Pd+2]. The minimum absolute atomic E-state index is 0. The molecule has 15 heteroatoms. The van der Waals surface area contributed by atoms with Gasteiger partial charge in [0.1, 0.15) is 0 Å². The van der Waals surface area contributed by atoms with Gasteiger partial charge in [-0.2, -0.15) is 0 Å². The van der Waals surface area contributed by atoms with Gasteiger partial charge in [0.15, 0.2) is 0 Å².